The van der Waals surface area contributed by atoms with Crippen molar-refractivity contribution in [2.45, 2.75) is 45.3 Å². The summed E-state index contributed by atoms with van der Waals surface area (Å²) in [6, 6.07) is 12.1. The second-order valence-electron chi connectivity index (χ2n) is 8.75. The van der Waals surface area contributed by atoms with Gasteiger partial charge in [-0.2, -0.15) is 0 Å². The van der Waals surface area contributed by atoms with Crippen molar-refractivity contribution in [3.05, 3.63) is 76.9 Å². The molecule has 0 bridgehead atoms. The first-order valence-corrected chi connectivity index (χ1v) is 11.3. The van der Waals surface area contributed by atoms with Crippen LogP contribution in [-0.4, -0.2) is 52.0 Å². The molecule has 2 unspecified atom stereocenters. The minimum atomic E-state index is -0.154. The number of rotatable bonds is 4. The number of amides is 2. The van der Waals surface area contributed by atoms with Gasteiger partial charge in [0.1, 0.15) is 11.3 Å². The molecule has 0 spiro atoms. The van der Waals surface area contributed by atoms with E-state index in [0.29, 0.717) is 35.7 Å². The molecule has 3 aromatic rings. The lowest BCUT2D eigenvalue weighted by Crippen LogP contribution is -2.46. The molecule has 2 amide bonds. The monoisotopic (exact) mass is 445 g/mol. The lowest BCUT2D eigenvalue weighted by molar-refractivity contribution is 0.0932. The summed E-state index contributed by atoms with van der Waals surface area (Å²) < 4.78 is 5.14. The molecule has 1 aromatic carbocycles. The Morgan fingerprint density at radius 1 is 1.15 bits per heavy atom. The van der Waals surface area contributed by atoms with Crippen LogP contribution in [0.15, 0.2) is 53.3 Å². The van der Waals surface area contributed by atoms with Crippen molar-refractivity contribution in [1.82, 2.24) is 20.4 Å². The molecule has 8 nitrogen and oxygen atoms in total. The van der Waals surface area contributed by atoms with Crippen molar-refractivity contribution in [2.75, 3.05) is 18.0 Å². The average molecular weight is 446 g/mol. The molecule has 4 heterocycles. The number of hydrogen-bond acceptors (Lipinski definition) is 6. The standard InChI is InChI=1S/C25H27N5O3/c1-16-23(17(2)33-28-16)24(31)27-13-20-9-10-21-15-30(25(32)18-7-5-11-26-12-18)22-8-4-3-6-19(22)14-29(20)21/h3-8,11-12,20-21H,9-10,13-15H2,1-2H3,(H,27,31). The summed E-state index contributed by atoms with van der Waals surface area (Å²) in [4.78, 5) is 34.6. The summed E-state index contributed by atoms with van der Waals surface area (Å²) in [5, 5.41) is 6.96. The summed E-state index contributed by atoms with van der Waals surface area (Å²) in [6.45, 7) is 5.41. The Bertz CT molecular complexity index is 1160. The number of aromatic nitrogens is 2. The molecule has 1 N–H and O–H groups in total. The fourth-order valence-corrected chi connectivity index (χ4v) is 5.05. The molecule has 2 aromatic heterocycles. The van der Waals surface area contributed by atoms with Gasteiger partial charge in [-0.1, -0.05) is 23.4 Å². The SMILES string of the molecule is Cc1noc(C)c1C(=O)NCC1CCC2CN(C(=O)c3cccnc3)c3ccccc3CN12. The molecule has 0 aliphatic carbocycles. The summed E-state index contributed by atoms with van der Waals surface area (Å²) in [6.07, 6.45) is 5.23. The third-order valence-electron chi connectivity index (χ3n) is 6.71. The van der Waals surface area contributed by atoms with Crippen LogP contribution in [0.5, 0.6) is 0 Å². The fourth-order valence-electron chi connectivity index (χ4n) is 5.05. The Kier molecular flexibility index (Phi) is 5.68. The van der Waals surface area contributed by atoms with Gasteiger partial charge in [0.05, 0.1) is 11.3 Å². The molecule has 33 heavy (non-hydrogen) atoms. The summed E-state index contributed by atoms with van der Waals surface area (Å²) >= 11 is 0. The average Bonchev–Trinajstić information content (AvgIpc) is 3.32. The summed E-state index contributed by atoms with van der Waals surface area (Å²) in [5.74, 6) is 0.341. The molecule has 0 radical (unpaired) electrons. The topological polar surface area (TPSA) is 91.6 Å². The van der Waals surface area contributed by atoms with Gasteiger partial charge in [-0.15, -0.1) is 0 Å². The normalized spacial score (nSPS) is 20.1. The maximum absolute atomic E-state index is 13.4. The zero-order chi connectivity index (χ0) is 22.9. The maximum Gasteiger partial charge on any atom is 0.259 e. The van der Waals surface area contributed by atoms with Crippen molar-refractivity contribution in [3.63, 3.8) is 0 Å². The van der Waals surface area contributed by atoms with Crippen LogP contribution < -0.4 is 10.2 Å². The molecule has 2 atom stereocenters. The number of carbonyl (C=O) groups is 2. The van der Waals surface area contributed by atoms with E-state index in [9.17, 15) is 9.59 Å². The zero-order valence-corrected chi connectivity index (χ0v) is 18.8. The fraction of sp³-hybridized carbons (Fsp3) is 0.360. The molecule has 170 valence electrons. The van der Waals surface area contributed by atoms with Crippen LogP contribution in [0.4, 0.5) is 5.69 Å². The van der Waals surface area contributed by atoms with Crippen LogP contribution in [0.25, 0.3) is 0 Å². The van der Waals surface area contributed by atoms with E-state index in [4.69, 9.17) is 4.52 Å². The van der Waals surface area contributed by atoms with Crippen molar-refractivity contribution in [1.29, 1.82) is 0 Å². The predicted molar refractivity (Wildman–Crippen MR) is 123 cm³/mol. The number of carbonyl (C=O) groups excluding carboxylic acids is 2. The van der Waals surface area contributed by atoms with Crippen molar-refractivity contribution >= 4 is 17.5 Å². The lowest BCUT2D eigenvalue weighted by Gasteiger charge is -2.29. The Balaban J connectivity index is 1.36. The minimum Gasteiger partial charge on any atom is -0.361 e. The number of anilines is 1. The molecular formula is C25H27N5O3. The number of fused-ring (bicyclic) bond motifs is 2. The van der Waals surface area contributed by atoms with E-state index in [1.807, 2.05) is 29.2 Å². The lowest BCUT2D eigenvalue weighted by atomic mass is 10.1. The Labute approximate surface area is 192 Å². The van der Waals surface area contributed by atoms with Gasteiger partial charge < -0.3 is 14.7 Å². The van der Waals surface area contributed by atoms with Crippen molar-refractivity contribution < 1.29 is 14.1 Å². The molecule has 5 rings (SSSR count). The van der Waals surface area contributed by atoms with Crippen LogP contribution in [-0.2, 0) is 6.54 Å². The molecule has 2 aliphatic rings. The zero-order valence-electron chi connectivity index (χ0n) is 18.8. The molecule has 2 aliphatic heterocycles. The second-order valence-corrected chi connectivity index (χ2v) is 8.75. The van der Waals surface area contributed by atoms with Gasteiger partial charge >= 0.3 is 0 Å². The quantitative estimate of drug-likeness (QED) is 0.664. The highest BCUT2D eigenvalue weighted by atomic mass is 16.5. The van der Waals surface area contributed by atoms with Gasteiger partial charge in [-0.3, -0.25) is 19.5 Å². The maximum atomic E-state index is 13.4. The van der Waals surface area contributed by atoms with Crippen molar-refractivity contribution in [3.8, 4) is 0 Å². The van der Waals surface area contributed by atoms with E-state index >= 15 is 0 Å². The molecule has 1 saturated heterocycles. The van der Waals surface area contributed by atoms with E-state index < -0.39 is 0 Å². The Hall–Kier alpha value is -3.52. The van der Waals surface area contributed by atoms with E-state index in [1.54, 1.807) is 32.3 Å². The van der Waals surface area contributed by atoms with Crippen LogP contribution in [0.3, 0.4) is 0 Å². The first-order chi connectivity index (χ1) is 16.0. The number of benzene rings is 1. The number of para-hydroxylation sites is 1. The smallest absolute Gasteiger partial charge is 0.259 e. The minimum absolute atomic E-state index is 0.0347. The van der Waals surface area contributed by atoms with Crippen LogP contribution in [0.2, 0.25) is 0 Å². The first-order valence-electron chi connectivity index (χ1n) is 11.3. The Morgan fingerprint density at radius 2 is 2.00 bits per heavy atom. The number of aryl methyl sites for hydroxylation is 2. The van der Waals surface area contributed by atoms with Crippen molar-refractivity contribution in [2.24, 2.45) is 0 Å². The van der Waals surface area contributed by atoms with E-state index in [0.717, 1.165) is 30.6 Å². The van der Waals surface area contributed by atoms with Gasteiger partial charge in [0.2, 0.25) is 0 Å². The third kappa shape index (κ3) is 4.02. The van der Waals surface area contributed by atoms with Gasteiger partial charge in [-0.25, -0.2) is 0 Å². The van der Waals surface area contributed by atoms with Crippen LogP contribution in [0, 0.1) is 13.8 Å². The second kappa shape index (κ2) is 8.78. The van der Waals surface area contributed by atoms with Crippen LogP contribution in [0.1, 0.15) is 50.6 Å². The number of nitrogens with one attached hydrogen (secondary N) is 1. The summed E-state index contributed by atoms with van der Waals surface area (Å²) in [5.41, 5.74) is 3.75. The highest BCUT2D eigenvalue weighted by Gasteiger charge is 2.39. The highest BCUT2D eigenvalue weighted by Crippen LogP contribution is 2.35. The molecule has 8 heteroatoms. The largest absolute Gasteiger partial charge is 0.361 e. The van der Waals surface area contributed by atoms with Gasteiger partial charge in [-0.05, 0) is 50.5 Å². The number of hydrogen-bond donors (Lipinski definition) is 1. The Morgan fingerprint density at radius 3 is 2.76 bits per heavy atom. The highest BCUT2D eigenvalue weighted by molar-refractivity contribution is 6.06. The molecular weight excluding hydrogens is 418 g/mol. The first kappa shape index (κ1) is 21.3. The van der Waals surface area contributed by atoms with Gasteiger partial charge in [0, 0.05) is 49.8 Å². The van der Waals surface area contributed by atoms with Crippen LogP contribution >= 0.6 is 0 Å². The van der Waals surface area contributed by atoms with E-state index in [1.165, 1.54) is 0 Å². The molecule has 1 fully saturated rings. The number of pyridine rings is 1. The van der Waals surface area contributed by atoms with E-state index in [2.05, 4.69) is 26.4 Å². The van der Waals surface area contributed by atoms with Gasteiger partial charge in [0.25, 0.3) is 11.8 Å². The van der Waals surface area contributed by atoms with E-state index in [-0.39, 0.29) is 23.9 Å². The summed E-state index contributed by atoms with van der Waals surface area (Å²) in [7, 11) is 0. The predicted octanol–water partition coefficient (Wildman–Crippen LogP) is 3.11. The number of nitrogens with zero attached hydrogens (tertiary/aromatic N) is 4. The molecule has 0 saturated carbocycles. The van der Waals surface area contributed by atoms with Gasteiger partial charge in [0.15, 0.2) is 0 Å². The third-order valence-corrected chi connectivity index (χ3v) is 6.71.